The summed E-state index contributed by atoms with van der Waals surface area (Å²) in [7, 11) is 0. The molecule has 1 amide bonds. The van der Waals surface area contributed by atoms with Crippen LogP contribution in [-0.2, 0) is 11.3 Å². The number of thiazole rings is 1. The molecule has 0 aromatic carbocycles. The number of nitrogens with zero attached hydrogens (tertiary/aromatic N) is 5. The molecule has 3 heterocycles. The number of carbonyl (C=O) groups excluding carboxylic acids is 1. The van der Waals surface area contributed by atoms with Gasteiger partial charge in [0, 0.05) is 30.6 Å². The maximum atomic E-state index is 12.6. The minimum Gasteiger partial charge on any atom is -0.333 e. The van der Waals surface area contributed by atoms with Gasteiger partial charge in [-0.2, -0.15) is 5.10 Å². The molecule has 118 valence electrons. The van der Waals surface area contributed by atoms with Crippen molar-refractivity contribution in [2.24, 2.45) is 0 Å². The monoisotopic (exact) mass is 319 g/mol. The van der Waals surface area contributed by atoms with Crippen LogP contribution >= 0.6 is 11.3 Å². The number of hydrogen-bond donors (Lipinski definition) is 0. The third kappa shape index (κ3) is 3.52. The molecule has 0 saturated carbocycles. The zero-order chi connectivity index (χ0) is 15.4. The summed E-state index contributed by atoms with van der Waals surface area (Å²) in [5, 5.41) is 7.22. The van der Waals surface area contributed by atoms with E-state index in [-0.39, 0.29) is 11.9 Å². The SMILES string of the molecule is Cc1csc([C@H]2CCCCN2C(=O)CCCn2cncn2)n1. The highest BCUT2D eigenvalue weighted by Gasteiger charge is 2.29. The largest absolute Gasteiger partial charge is 0.333 e. The quantitative estimate of drug-likeness (QED) is 0.849. The molecule has 0 unspecified atom stereocenters. The van der Waals surface area contributed by atoms with Gasteiger partial charge in [0.1, 0.15) is 17.7 Å². The molecule has 7 heteroatoms. The summed E-state index contributed by atoms with van der Waals surface area (Å²) in [5.74, 6) is 0.234. The number of hydrogen-bond acceptors (Lipinski definition) is 5. The van der Waals surface area contributed by atoms with E-state index in [0.29, 0.717) is 6.42 Å². The standard InChI is InChI=1S/C15H21N5OS/c1-12-9-22-15(18-12)13-5-2-3-8-20(13)14(21)6-4-7-19-11-16-10-17-19/h9-11,13H,2-8H2,1H3/t13-/m1/s1. The number of rotatable bonds is 5. The van der Waals surface area contributed by atoms with E-state index < -0.39 is 0 Å². The van der Waals surface area contributed by atoms with Crippen molar-refractivity contribution < 1.29 is 4.79 Å². The van der Waals surface area contributed by atoms with Crippen LogP contribution in [-0.4, -0.2) is 37.1 Å². The molecule has 0 spiro atoms. The molecule has 22 heavy (non-hydrogen) atoms. The van der Waals surface area contributed by atoms with Crippen LogP contribution in [0.15, 0.2) is 18.0 Å². The summed E-state index contributed by atoms with van der Waals surface area (Å²) in [5.41, 5.74) is 1.05. The lowest BCUT2D eigenvalue weighted by Gasteiger charge is -2.34. The highest BCUT2D eigenvalue weighted by Crippen LogP contribution is 2.33. The van der Waals surface area contributed by atoms with E-state index in [0.717, 1.165) is 43.1 Å². The molecular weight excluding hydrogens is 298 g/mol. The van der Waals surface area contributed by atoms with E-state index in [1.54, 1.807) is 22.3 Å². The molecule has 2 aromatic heterocycles. The van der Waals surface area contributed by atoms with Gasteiger partial charge < -0.3 is 4.90 Å². The molecule has 0 N–H and O–H groups in total. The van der Waals surface area contributed by atoms with Gasteiger partial charge in [-0.25, -0.2) is 9.97 Å². The molecular formula is C15H21N5OS. The fraction of sp³-hybridized carbons (Fsp3) is 0.600. The van der Waals surface area contributed by atoms with Gasteiger partial charge in [-0.15, -0.1) is 11.3 Å². The number of aromatic nitrogens is 4. The molecule has 0 aliphatic carbocycles. The summed E-state index contributed by atoms with van der Waals surface area (Å²) in [4.78, 5) is 23.1. The summed E-state index contributed by atoms with van der Waals surface area (Å²) in [6.45, 7) is 3.60. The zero-order valence-corrected chi connectivity index (χ0v) is 13.6. The Labute approximate surface area is 134 Å². The van der Waals surface area contributed by atoms with Crippen molar-refractivity contribution in [2.75, 3.05) is 6.54 Å². The van der Waals surface area contributed by atoms with Crippen molar-refractivity contribution >= 4 is 17.2 Å². The second kappa shape index (κ2) is 7.00. The Morgan fingerprint density at radius 2 is 2.36 bits per heavy atom. The van der Waals surface area contributed by atoms with E-state index in [1.807, 2.05) is 11.8 Å². The van der Waals surface area contributed by atoms with Crippen LogP contribution in [0.4, 0.5) is 0 Å². The number of carbonyl (C=O) groups is 1. The number of likely N-dealkylation sites (tertiary alicyclic amines) is 1. The van der Waals surface area contributed by atoms with Gasteiger partial charge in [0.15, 0.2) is 0 Å². The van der Waals surface area contributed by atoms with Crippen LogP contribution in [0.1, 0.15) is 48.8 Å². The van der Waals surface area contributed by atoms with E-state index >= 15 is 0 Å². The van der Waals surface area contributed by atoms with Crippen molar-refractivity contribution in [3.63, 3.8) is 0 Å². The molecule has 1 fully saturated rings. The third-order valence-corrected chi connectivity index (χ3v) is 5.05. The Morgan fingerprint density at radius 1 is 1.45 bits per heavy atom. The first-order valence-corrected chi connectivity index (χ1v) is 8.66. The second-order valence-electron chi connectivity index (χ2n) is 5.69. The molecule has 1 saturated heterocycles. The van der Waals surface area contributed by atoms with Gasteiger partial charge >= 0.3 is 0 Å². The summed E-state index contributed by atoms with van der Waals surface area (Å²) >= 11 is 1.67. The predicted octanol–water partition coefficient (Wildman–Crippen LogP) is 2.58. The first-order valence-electron chi connectivity index (χ1n) is 7.78. The molecule has 1 aliphatic heterocycles. The van der Waals surface area contributed by atoms with Crippen LogP contribution in [0, 0.1) is 6.92 Å². The first kappa shape index (κ1) is 15.1. The van der Waals surface area contributed by atoms with Gasteiger partial charge in [-0.1, -0.05) is 0 Å². The van der Waals surface area contributed by atoms with Gasteiger partial charge in [0.25, 0.3) is 0 Å². The minimum absolute atomic E-state index is 0.173. The van der Waals surface area contributed by atoms with Crippen molar-refractivity contribution in [3.8, 4) is 0 Å². The molecule has 0 bridgehead atoms. The maximum Gasteiger partial charge on any atom is 0.223 e. The lowest BCUT2D eigenvalue weighted by Crippen LogP contribution is -2.38. The Hall–Kier alpha value is -1.76. The molecule has 2 aromatic rings. The summed E-state index contributed by atoms with van der Waals surface area (Å²) in [6, 6.07) is 0.173. The Kier molecular flexibility index (Phi) is 4.82. The predicted molar refractivity (Wildman–Crippen MR) is 84.4 cm³/mol. The van der Waals surface area contributed by atoms with Gasteiger partial charge in [0.05, 0.1) is 6.04 Å². The van der Waals surface area contributed by atoms with Gasteiger partial charge in [0.2, 0.25) is 5.91 Å². The lowest BCUT2D eigenvalue weighted by atomic mass is 10.0. The maximum absolute atomic E-state index is 12.6. The topological polar surface area (TPSA) is 63.9 Å². The second-order valence-corrected chi connectivity index (χ2v) is 6.58. The Balaban J connectivity index is 1.59. The molecule has 1 aliphatic rings. The third-order valence-electron chi connectivity index (χ3n) is 3.99. The van der Waals surface area contributed by atoms with Gasteiger partial charge in [-0.3, -0.25) is 9.48 Å². The van der Waals surface area contributed by atoms with E-state index in [2.05, 4.69) is 20.4 Å². The van der Waals surface area contributed by atoms with E-state index in [9.17, 15) is 4.79 Å². The highest BCUT2D eigenvalue weighted by atomic mass is 32.1. The van der Waals surface area contributed by atoms with Crippen LogP contribution in [0.3, 0.4) is 0 Å². The smallest absolute Gasteiger partial charge is 0.223 e. The highest BCUT2D eigenvalue weighted by molar-refractivity contribution is 7.09. The molecule has 3 rings (SSSR count). The average molecular weight is 319 g/mol. The van der Waals surface area contributed by atoms with Crippen LogP contribution < -0.4 is 0 Å². The molecule has 6 nitrogen and oxygen atoms in total. The van der Waals surface area contributed by atoms with Crippen molar-refractivity contribution in [2.45, 2.75) is 51.6 Å². The molecule has 0 radical (unpaired) electrons. The summed E-state index contributed by atoms with van der Waals surface area (Å²) in [6.07, 6.45) is 7.85. The van der Waals surface area contributed by atoms with Gasteiger partial charge in [-0.05, 0) is 32.6 Å². The fourth-order valence-electron chi connectivity index (χ4n) is 2.90. The minimum atomic E-state index is 0.173. The van der Waals surface area contributed by atoms with Crippen molar-refractivity contribution in [1.82, 2.24) is 24.6 Å². The number of piperidine rings is 1. The van der Waals surface area contributed by atoms with E-state index in [4.69, 9.17) is 0 Å². The number of amides is 1. The Bertz CT molecular complexity index is 609. The fourth-order valence-corrected chi connectivity index (χ4v) is 3.84. The average Bonchev–Trinajstić information content (AvgIpc) is 3.19. The Morgan fingerprint density at radius 3 is 3.09 bits per heavy atom. The van der Waals surface area contributed by atoms with Crippen LogP contribution in [0.25, 0.3) is 0 Å². The van der Waals surface area contributed by atoms with Crippen molar-refractivity contribution in [3.05, 3.63) is 28.7 Å². The lowest BCUT2D eigenvalue weighted by molar-refractivity contribution is -0.135. The first-order chi connectivity index (χ1) is 10.7. The van der Waals surface area contributed by atoms with Crippen LogP contribution in [0.5, 0.6) is 0 Å². The van der Waals surface area contributed by atoms with Crippen LogP contribution in [0.2, 0.25) is 0 Å². The molecule has 1 atom stereocenters. The number of aryl methyl sites for hydroxylation is 2. The summed E-state index contributed by atoms with van der Waals surface area (Å²) < 4.78 is 1.77. The zero-order valence-electron chi connectivity index (χ0n) is 12.8. The van der Waals surface area contributed by atoms with Crippen molar-refractivity contribution in [1.29, 1.82) is 0 Å². The van der Waals surface area contributed by atoms with E-state index in [1.165, 1.54) is 12.7 Å². The normalized spacial score (nSPS) is 18.6.